The van der Waals surface area contributed by atoms with Gasteiger partial charge in [-0.1, -0.05) is 11.6 Å². The minimum Gasteiger partial charge on any atom is -0.360 e. The van der Waals surface area contributed by atoms with E-state index < -0.39 is 17.4 Å². The molecule has 0 atom stereocenters. The van der Waals surface area contributed by atoms with Crippen LogP contribution in [0.4, 0.5) is 8.78 Å². The summed E-state index contributed by atoms with van der Waals surface area (Å²) in [4.78, 5) is 15.2. The minimum atomic E-state index is -0.662. The Morgan fingerprint density at radius 2 is 1.85 bits per heavy atom. The number of hydrogen-bond donors (Lipinski definition) is 1. The maximum Gasteiger partial charge on any atom is 0.198 e. The predicted octanol–water partition coefficient (Wildman–Crippen LogP) is 4.33. The highest BCUT2D eigenvalue weighted by molar-refractivity contribution is 6.31. The molecular formula is C15H8ClF2NO. The zero-order valence-electron chi connectivity index (χ0n) is 10.1. The van der Waals surface area contributed by atoms with Crippen molar-refractivity contribution in [3.05, 3.63) is 70.4 Å². The van der Waals surface area contributed by atoms with Crippen molar-refractivity contribution in [1.82, 2.24) is 4.98 Å². The molecule has 0 aliphatic heterocycles. The first kappa shape index (κ1) is 12.8. The van der Waals surface area contributed by atoms with Crippen molar-refractivity contribution in [1.29, 1.82) is 0 Å². The Labute approximate surface area is 118 Å². The van der Waals surface area contributed by atoms with Gasteiger partial charge in [0.25, 0.3) is 0 Å². The molecule has 3 aromatic rings. The van der Waals surface area contributed by atoms with Gasteiger partial charge in [0.2, 0.25) is 0 Å². The van der Waals surface area contributed by atoms with Crippen LogP contribution in [0, 0.1) is 11.6 Å². The summed E-state index contributed by atoms with van der Waals surface area (Å²) in [6, 6.07) is 7.80. The zero-order chi connectivity index (χ0) is 14.3. The number of carbonyl (C=O) groups excluding carboxylic acids is 1. The van der Waals surface area contributed by atoms with Gasteiger partial charge in [-0.05, 0) is 36.4 Å². The molecule has 100 valence electrons. The number of fused-ring (bicyclic) bond motifs is 1. The molecule has 0 spiro atoms. The lowest BCUT2D eigenvalue weighted by atomic mass is 10.0. The molecule has 0 unspecified atom stereocenters. The fourth-order valence-corrected chi connectivity index (χ4v) is 2.27. The van der Waals surface area contributed by atoms with E-state index in [1.165, 1.54) is 36.5 Å². The Bertz CT molecular complexity index is 826. The number of H-pyrrole nitrogens is 1. The van der Waals surface area contributed by atoms with E-state index in [4.69, 9.17) is 11.6 Å². The van der Waals surface area contributed by atoms with Crippen molar-refractivity contribution in [2.24, 2.45) is 0 Å². The number of halogens is 3. The number of aromatic nitrogens is 1. The van der Waals surface area contributed by atoms with Crippen LogP contribution < -0.4 is 0 Å². The van der Waals surface area contributed by atoms with Crippen LogP contribution >= 0.6 is 11.6 Å². The highest BCUT2D eigenvalue weighted by Crippen LogP contribution is 2.24. The number of carbonyl (C=O) groups is 1. The third-order valence-corrected chi connectivity index (χ3v) is 3.30. The molecule has 0 amide bonds. The molecule has 0 saturated carbocycles. The second-order valence-corrected chi connectivity index (χ2v) is 4.78. The Morgan fingerprint density at radius 3 is 2.65 bits per heavy atom. The Morgan fingerprint density at radius 1 is 1.05 bits per heavy atom. The SMILES string of the molecule is O=C(c1cc(Cl)ccc1F)c1c[nH]c2ccc(F)cc12. The molecule has 5 heteroatoms. The van der Waals surface area contributed by atoms with Gasteiger partial charge in [0, 0.05) is 27.7 Å². The molecule has 0 bridgehead atoms. The second-order valence-electron chi connectivity index (χ2n) is 4.35. The lowest BCUT2D eigenvalue weighted by Gasteiger charge is -2.02. The summed E-state index contributed by atoms with van der Waals surface area (Å²) in [6.07, 6.45) is 1.44. The van der Waals surface area contributed by atoms with Crippen LogP contribution in [0.2, 0.25) is 5.02 Å². The summed E-state index contributed by atoms with van der Waals surface area (Å²) >= 11 is 5.78. The number of rotatable bonds is 2. The van der Waals surface area contributed by atoms with Gasteiger partial charge >= 0.3 is 0 Å². The van der Waals surface area contributed by atoms with E-state index in [1.54, 1.807) is 0 Å². The monoisotopic (exact) mass is 291 g/mol. The Hall–Kier alpha value is -2.20. The van der Waals surface area contributed by atoms with E-state index in [9.17, 15) is 13.6 Å². The van der Waals surface area contributed by atoms with Crippen LogP contribution in [-0.4, -0.2) is 10.8 Å². The molecule has 0 aliphatic rings. The first-order valence-corrected chi connectivity index (χ1v) is 6.20. The molecule has 0 radical (unpaired) electrons. The minimum absolute atomic E-state index is 0.136. The van der Waals surface area contributed by atoms with Crippen molar-refractivity contribution >= 4 is 28.3 Å². The van der Waals surface area contributed by atoms with Crippen LogP contribution in [0.3, 0.4) is 0 Å². The highest BCUT2D eigenvalue weighted by atomic mass is 35.5. The fourth-order valence-electron chi connectivity index (χ4n) is 2.10. The average Bonchev–Trinajstić information content (AvgIpc) is 2.83. The van der Waals surface area contributed by atoms with Gasteiger partial charge in [0.05, 0.1) is 5.56 Å². The third-order valence-electron chi connectivity index (χ3n) is 3.06. The summed E-state index contributed by atoms with van der Waals surface area (Å²) in [6.45, 7) is 0. The van der Waals surface area contributed by atoms with Gasteiger partial charge in [-0.2, -0.15) is 0 Å². The molecule has 0 saturated heterocycles. The van der Waals surface area contributed by atoms with E-state index in [1.807, 2.05) is 0 Å². The van der Waals surface area contributed by atoms with Gasteiger partial charge in [-0.15, -0.1) is 0 Å². The quantitative estimate of drug-likeness (QED) is 0.700. The Kier molecular flexibility index (Phi) is 3.03. The molecule has 2 aromatic carbocycles. The van der Waals surface area contributed by atoms with E-state index in [0.717, 1.165) is 6.07 Å². The number of hydrogen-bond acceptors (Lipinski definition) is 1. The molecule has 0 aliphatic carbocycles. The van der Waals surface area contributed by atoms with Crippen LogP contribution in [0.5, 0.6) is 0 Å². The normalized spacial score (nSPS) is 10.9. The van der Waals surface area contributed by atoms with Crippen LogP contribution in [-0.2, 0) is 0 Å². The standard InChI is InChI=1S/C15H8ClF2NO/c16-8-1-3-13(18)11(5-8)15(20)12-7-19-14-4-2-9(17)6-10(12)14/h1-7,19H. The molecule has 2 nitrogen and oxygen atoms in total. The summed E-state index contributed by atoms with van der Waals surface area (Å²) in [5, 5.41) is 0.676. The maximum atomic E-state index is 13.7. The molecule has 1 N–H and O–H groups in total. The van der Waals surface area contributed by atoms with Gasteiger partial charge in [0.15, 0.2) is 5.78 Å². The van der Waals surface area contributed by atoms with Crippen molar-refractivity contribution in [3.8, 4) is 0 Å². The molecule has 20 heavy (non-hydrogen) atoms. The lowest BCUT2D eigenvalue weighted by molar-refractivity contribution is 0.103. The summed E-state index contributed by atoms with van der Waals surface area (Å²) < 4.78 is 27.0. The summed E-state index contributed by atoms with van der Waals surface area (Å²) in [7, 11) is 0. The zero-order valence-corrected chi connectivity index (χ0v) is 10.8. The number of aromatic amines is 1. The first-order chi connectivity index (χ1) is 9.56. The largest absolute Gasteiger partial charge is 0.360 e. The topological polar surface area (TPSA) is 32.9 Å². The molecule has 0 fully saturated rings. The molecular weight excluding hydrogens is 284 g/mol. The van der Waals surface area contributed by atoms with E-state index in [-0.39, 0.29) is 16.1 Å². The van der Waals surface area contributed by atoms with Crippen LogP contribution in [0.25, 0.3) is 10.9 Å². The Balaban J connectivity index is 2.17. The average molecular weight is 292 g/mol. The fraction of sp³-hybridized carbons (Fsp3) is 0. The van der Waals surface area contributed by atoms with Crippen molar-refractivity contribution in [2.45, 2.75) is 0 Å². The highest BCUT2D eigenvalue weighted by Gasteiger charge is 2.18. The van der Waals surface area contributed by atoms with Gasteiger partial charge in [-0.25, -0.2) is 8.78 Å². The van der Waals surface area contributed by atoms with Crippen molar-refractivity contribution < 1.29 is 13.6 Å². The number of benzene rings is 2. The van der Waals surface area contributed by atoms with Gasteiger partial charge in [-0.3, -0.25) is 4.79 Å². The summed E-state index contributed by atoms with van der Waals surface area (Å²) in [5.41, 5.74) is 0.681. The van der Waals surface area contributed by atoms with Crippen molar-refractivity contribution in [2.75, 3.05) is 0 Å². The number of nitrogens with one attached hydrogen (secondary N) is 1. The van der Waals surface area contributed by atoms with Gasteiger partial charge in [0.1, 0.15) is 11.6 Å². The van der Waals surface area contributed by atoms with E-state index in [0.29, 0.717) is 10.9 Å². The molecule has 3 rings (SSSR count). The predicted molar refractivity (Wildman–Crippen MR) is 73.1 cm³/mol. The first-order valence-electron chi connectivity index (χ1n) is 5.82. The lowest BCUT2D eigenvalue weighted by Crippen LogP contribution is -2.03. The van der Waals surface area contributed by atoms with Crippen molar-refractivity contribution in [3.63, 3.8) is 0 Å². The third kappa shape index (κ3) is 2.08. The second kappa shape index (κ2) is 4.72. The molecule has 1 aromatic heterocycles. The maximum absolute atomic E-state index is 13.7. The smallest absolute Gasteiger partial charge is 0.198 e. The van der Waals surface area contributed by atoms with Crippen LogP contribution in [0.15, 0.2) is 42.6 Å². The van der Waals surface area contributed by atoms with Crippen LogP contribution in [0.1, 0.15) is 15.9 Å². The molecule has 1 heterocycles. The van der Waals surface area contributed by atoms with E-state index >= 15 is 0 Å². The van der Waals surface area contributed by atoms with Gasteiger partial charge < -0.3 is 4.98 Å². The number of ketones is 1. The summed E-state index contributed by atoms with van der Waals surface area (Å²) in [5.74, 6) is -1.66. The van der Waals surface area contributed by atoms with E-state index in [2.05, 4.69) is 4.98 Å².